The summed E-state index contributed by atoms with van der Waals surface area (Å²) in [5.74, 6) is -1.65. The van der Waals surface area contributed by atoms with Gasteiger partial charge in [-0.05, 0) is 61.2 Å². The fraction of sp³-hybridized carbons (Fsp3) is 0.318. The van der Waals surface area contributed by atoms with Crippen molar-refractivity contribution in [2.24, 2.45) is 5.92 Å². The summed E-state index contributed by atoms with van der Waals surface area (Å²) in [5.41, 5.74) is 1.20. The van der Waals surface area contributed by atoms with Gasteiger partial charge in [-0.3, -0.25) is 14.4 Å². The first-order valence-electron chi connectivity index (χ1n) is 9.61. The molecule has 152 valence electrons. The van der Waals surface area contributed by atoms with Crippen molar-refractivity contribution < 1.29 is 18.8 Å². The number of nitrogens with one attached hydrogen (secondary N) is 3. The predicted molar refractivity (Wildman–Crippen MR) is 108 cm³/mol. The van der Waals surface area contributed by atoms with E-state index < -0.39 is 23.7 Å². The lowest BCUT2D eigenvalue weighted by atomic mass is 10.0. The third-order valence-corrected chi connectivity index (χ3v) is 4.65. The molecule has 3 amide bonds. The molecule has 0 spiro atoms. The van der Waals surface area contributed by atoms with Crippen LogP contribution in [-0.4, -0.2) is 29.8 Å². The zero-order valence-corrected chi connectivity index (χ0v) is 16.4. The van der Waals surface area contributed by atoms with Crippen LogP contribution < -0.4 is 16.0 Å². The molecule has 0 bridgehead atoms. The molecule has 2 aromatic rings. The maximum Gasteiger partial charge on any atom is 0.251 e. The van der Waals surface area contributed by atoms with Crippen LogP contribution >= 0.6 is 0 Å². The van der Waals surface area contributed by atoms with Crippen molar-refractivity contribution in [2.75, 3.05) is 5.32 Å². The monoisotopic (exact) mass is 397 g/mol. The van der Waals surface area contributed by atoms with Gasteiger partial charge in [0.05, 0.1) is 0 Å². The normalized spacial score (nSPS) is 14.2. The smallest absolute Gasteiger partial charge is 0.251 e. The lowest BCUT2D eigenvalue weighted by molar-refractivity contribution is -0.118. The van der Waals surface area contributed by atoms with Gasteiger partial charge in [0.1, 0.15) is 11.9 Å². The van der Waals surface area contributed by atoms with Gasteiger partial charge in [-0.15, -0.1) is 0 Å². The molecule has 29 heavy (non-hydrogen) atoms. The van der Waals surface area contributed by atoms with Crippen LogP contribution in [0.1, 0.15) is 47.4 Å². The van der Waals surface area contributed by atoms with E-state index in [0.717, 1.165) is 12.8 Å². The summed E-state index contributed by atoms with van der Waals surface area (Å²) in [5, 5.41) is 8.36. The van der Waals surface area contributed by atoms with E-state index >= 15 is 0 Å². The summed E-state index contributed by atoms with van der Waals surface area (Å²) in [6, 6.07) is 11.2. The standard InChI is InChI=1S/C22H24FN3O3/c1-13(2)19(26-20(27)14-6-8-16(23)9-7-14)22(29)25-18-5-3-4-15(12-18)21(28)24-17-10-11-17/h3-9,12-13,17,19H,10-11H2,1-2H3,(H,24,28)(H,25,29)(H,26,27)/t19-/m1/s1. The molecule has 0 saturated heterocycles. The van der Waals surface area contributed by atoms with Gasteiger partial charge < -0.3 is 16.0 Å². The van der Waals surface area contributed by atoms with E-state index in [1.165, 1.54) is 24.3 Å². The average molecular weight is 397 g/mol. The van der Waals surface area contributed by atoms with E-state index in [4.69, 9.17) is 0 Å². The van der Waals surface area contributed by atoms with Gasteiger partial charge in [-0.2, -0.15) is 0 Å². The molecule has 0 unspecified atom stereocenters. The molecule has 0 radical (unpaired) electrons. The molecular formula is C22H24FN3O3. The Labute approximate surface area is 168 Å². The van der Waals surface area contributed by atoms with Gasteiger partial charge in [0.25, 0.3) is 11.8 Å². The lowest BCUT2D eigenvalue weighted by Gasteiger charge is -2.22. The Morgan fingerprint density at radius 2 is 1.66 bits per heavy atom. The number of carbonyl (C=O) groups excluding carboxylic acids is 3. The van der Waals surface area contributed by atoms with E-state index in [9.17, 15) is 18.8 Å². The van der Waals surface area contributed by atoms with Gasteiger partial charge in [0.15, 0.2) is 0 Å². The van der Waals surface area contributed by atoms with Crippen LogP contribution in [0.15, 0.2) is 48.5 Å². The number of rotatable bonds is 7. The van der Waals surface area contributed by atoms with Crippen molar-refractivity contribution in [1.82, 2.24) is 10.6 Å². The third kappa shape index (κ3) is 5.63. The second-order valence-electron chi connectivity index (χ2n) is 7.52. The molecule has 0 aromatic heterocycles. The first-order valence-corrected chi connectivity index (χ1v) is 9.61. The number of hydrogen-bond donors (Lipinski definition) is 3. The second-order valence-corrected chi connectivity index (χ2v) is 7.52. The van der Waals surface area contributed by atoms with Crippen molar-refractivity contribution in [3.8, 4) is 0 Å². The topological polar surface area (TPSA) is 87.3 Å². The highest BCUT2D eigenvalue weighted by atomic mass is 19.1. The molecule has 1 atom stereocenters. The maximum atomic E-state index is 13.0. The summed E-state index contributed by atoms with van der Waals surface area (Å²) in [4.78, 5) is 37.4. The first-order chi connectivity index (χ1) is 13.8. The van der Waals surface area contributed by atoms with Crippen molar-refractivity contribution in [3.05, 3.63) is 65.5 Å². The summed E-state index contributed by atoms with van der Waals surface area (Å²) in [6.07, 6.45) is 1.98. The summed E-state index contributed by atoms with van der Waals surface area (Å²) in [7, 11) is 0. The van der Waals surface area contributed by atoms with Crippen LogP contribution in [0.5, 0.6) is 0 Å². The lowest BCUT2D eigenvalue weighted by Crippen LogP contribution is -2.47. The quantitative estimate of drug-likeness (QED) is 0.671. The minimum atomic E-state index is -0.795. The number of benzene rings is 2. The number of carbonyl (C=O) groups is 3. The number of hydrogen-bond acceptors (Lipinski definition) is 3. The molecule has 3 rings (SSSR count). The van der Waals surface area contributed by atoms with Crippen LogP contribution in [0.2, 0.25) is 0 Å². The largest absolute Gasteiger partial charge is 0.349 e. The highest BCUT2D eigenvalue weighted by Gasteiger charge is 2.26. The molecular weight excluding hydrogens is 373 g/mol. The Kier molecular flexibility index (Phi) is 6.26. The predicted octanol–water partition coefficient (Wildman–Crippen LogP) is 3.11. The fourth-order valence-corrected chi connectivity index (χ4v) is 2.82. The number of amides is 3. The average Bonchev–Trinajstić information content (AvgIpc) is 3.50. The minimum absolute atomic E-state index is 0.173. The molecule has 3 N–H and O–H groups in total. The maximum absolute atomic E-state index is 13.0. The summed E-state index contributed by atoms with van der Waals surface area (Å²) in [6.45, 7) is 3.63. The molecule has 7 heteroatoms. The van der Waals surface area contributed by atoms with Crippen molar-refractivity contribution in [3.63, 3.8) is 0 Å². The van der Waals surface area contributed by atoms with Crippen LogP contribution in [0.3, 0.4) is 0 Å². The minimum Gasteiger partial charge on any atom is -0.349 e. The van der Waals surface area contributed by atoms with Gasteiger partial charge in [0.2, 0.25) is 5.91 Å². The van der Waals surface area contributed by atoms with Gasteiger partial charge in [0, 0.05) is 22.9 Å². The fourth-order valence-electron chi connectivity index (χ4n) is 2.82. The van der Waals surface area contributed by atoms with Crippen molar-refractivity contribution >= 4 is 23.4 Å². The molecule has 1 aliphatic carbocycles. The Balaban J connectivity index is 1.67. The van der Waals surface area contributed by atoms with Gasteiger partial charge >= 0.3 is 0 Å². The van der Waals surface area contributed by atoms with E-state index in [1.807, 2.05) is 13.8 Å². The highest BCUT2D eigenvalue weighted by molar-refractivity contribution is 6.02. The number of halogens is 1. The zero-order valence-electron chi connectivity index (χ0n) is 16.4. The molecule has 1 fully saturated rings. The Bertz CT molecular complexity index is 908. The molecule has 1 aliphatic rings. The highest BCUT2D eigenvalue weighted by Crippen LogP contribution is 2.20. The molecule has 2 aromatic carbocycles. The van der Waals surface area contributed by atoms with Crippen LogP contribution in [0.4, 0.5) is 10.1 Å². The van der Waals surface area contributed by atoms with Crippen LogP contribution in [0.25, 0.3) is 0 Å². The van der Waals surface area contributed by atoms with Gasteiger partial charge in [-0.1, -0.05) is 19.9 Å². The molecule has 6 nitrogen and oxygen atoms in total. The summed E-state index contributed by atoms with van der Waals surface area (Å²) >= 11 is 0. The van der Waals surface area contributed by atoms with Crippen LogP contribution in [-0.2, 0) is 4.79 Å². The third-order valence-electron chi connectivity index (χ3n) is 4.65. The summed E-state index contributed by atoms with van der Waals surface area (Å²) < 4.78 is 13.0. The Morgan fingerprint density at radius 1 is 0.966 bits per heavy atom. The van der Waals surface area contributed by atoms with Crippen molar-refractivity contribution in [1.29, 1.82) is 0 Å². The SMILES string of the molecule is CC(C)[C@@H](NC(=O)c1ccc(F)cc1)C(=O)Nc1cccc(C(=O)NC2CC2)c1. The van der Waals surface area contributed by atoms with Crippen molar-refractivity contribution in [2.45, 2.75) is 38.8 Å². The van der Waals surface area contributed by atoms with Crippen LogP contribution in [0, 0.1) is 11.7 Å². The van der Waals surface area contributed by atoms with E-state index in [0.29, 0.717) is 11.3 Å². The Hall–Kier alpha value is -3.22. The Morgan fingerprint density at radius 3 is 2.28 bits per heavy atom. The van der Waals surface area contributed by atoms with E-state index in [2.05, 4.69) is 16.0 Å². The zero-order chi connectivity index (χ0) is 21.0. The first kappa shape index (κ1) is 20.5. The van der Waals surface area contributed by atoms with Gasteiger partial charge in [-0.25, -0.2) is 4.39 Å². The van der Waals surface area contributed by atoms with E-state index in [-0.39, 0.29) is 23.4 Å². The molecule has 1 saturated carbocycles. The van der Waals surface area contributed by atoms with E-state index in [1.54, 1.807) is 24.3 Å². The second kappa shape index (κ2) is 8.86. The number of anilines is 1. The molecule has 0 aliphatic heterocycles. The molecule has 0 heterocycles.